The van der Waals surface area contributed by atoms with Gasteiger partial charge in [-0.05, 0) is 41.5 Å². The molecule has 0 aliphatic carbocycles. The molecular formula is C31H45N5O8. The number of aromatic hydroxyl groups is 1. The lowest BCUT2D eigenvalue weighted by Gasteiger charge is -2.33. The fraction of sp³-hybridized carbons (Fsp3) is 0.484. The maximum absolute atomic E-state index is 13.4. The summed E-state index contributed by atoms with van der Waals surface area (Å²) in [6.07, 6.45) is -2.50. The highest BCUT2D eigenvalue weighted by molar-refractivity contribution is 5.86. The third kappa shape index (κ3) is 11.7. The van der Waals surface area contributed by atoms with Crippen LogP contribution in [-0.2, 0) is 32.0 Å². The van der Waals surface area contributed by atoms with Crippen molar-refractivity contribution in [3.05, 3.63) is 65.7 Å². The van der Waals surface area contributed by atoms with E-state index in [9.17, 15) is 29.4 Å². The molecule has 0 heterocycles. The van der Waals surface area contributed by atoms with Crippen LogP contribution in [-0.4, -0.2) is 84.2 Å². The summed E-state index contributed by atoms with van der Waals surface area (Å²) in [6, 6.07) is 12.9. The molecule has 13 heteroatoms. The number of aliphatic hydroxyl groups excluding tert-OH is 1. The summed E-state index contributed by atoms with van der Waals surface area (Å²) in [4.78, 5) is 50.5. The zero-order valence-corrected chi connectivity index (χ0v) is 26.1. The van der Waals surface area contributed by atoms with E-state index in [0.717, 1.165) is 5.56 Å². The van der Waals surface area contributed by atoms with Crippen molar-refractivity contribution in [2.75, 3.05) is 20.8 Å². The van der Waals surface area contributed by atoms with Gasteiger partial charge in [-0.25, -0.2) is 14.6 Å². The Bertz CT molecular complexity index is 1210. The number of rotatable bonds is 15. The Labute approximate surface area is 258 Å². The number of carbonyl (C=O) groups excluding carboxylic acids is 4. The zero-order chi connectivity index (χ0) is 32.8. The van der Waals surface area contributed by atoms with Gasteiger partial charge in [0.05, 0.1) is 26.4 Å². The van der Waals surface area contributed by atoms with Gasteiger partial charge in [-0.2, -0.15) is 0 Å². The van der Waals surface area contributed by atoms with Crippen LogP contribution < -0.4 is 21.4 Å². The van der Waals surface area contributed by atoms with Crippen LogP contribution in [0.15, 0.2) is 54.6 Å². The number of phenols is 1. The molecular weight excluding hydrogens is 570 g/mol. The summed E-state index contributed by atoms with van der Waals surface area (Å²) in [5.74, 6) is -1.57. The van der Waals surface area contributed by atoms with Crippen LogP contribution in [0.3, 0.4) is 0 Å². The highest BCUT2D eigenvalue weighted by atomic mass is 16.5. The summed E-state index contributed by atoms with van der Waals surface area (Å²) in [5.41, 5.74) is 4.34. The average molecular weight is 616 g/mol. The Balaban J connectivity index is 2.37. The smallest absolute Gasteiger partial charge is 0.407 e. The second-order valence-corrected chi connectivity index (χ2v) is 11.1. The molecule has 2 unspecified atom stereocenters. The predicted molar refractivity (Wildman–Crippen MR) is 163 cm³/mol. The molecule has 0 aromatic heterocycles. The Hall–Kier alpha value is -4.36. The maximum Gasteiger partial charge on any atom is 0.407 e. The summed E-state index contributed by atoms with van der Waals surface area (Å²) < 4.78 is 9.34. The fourth-order valence-electron chi connectivity index (χ4n) is 4.42. The van der Waals surface area contributed by atoms with E-state index in [1.165, 1.54) is 31.4 Å². The Kier molecular flexibility index (Phi) is 14.4. The lowest BCUT2D eigenvalue weighted by atomic mass is 9.98. The SMILES string of the molecule is COC(=O)N[C@H](C(=O)NC(Cc1ccccc1)C(O)CN(Cc1ccc(O)cc1)NC(=O)[C@@H](NC(=O)OC)C(C)C)C(C)C. The van der Waals surface area contributed by atoms with Crippen molar-refractivity contribution in [1.29, 1.82) is 0 Å². The minimum atomic E-state index is -1.21. The standard InChI is InChI=1S/C31H45N5O8/c1-19(2)26(33-30(41)43-5)28(39)32-24(16-21-10-8-7-9-11-21)25(38)18-36(17-22-12-14-23(37)15-13-22)35-29(40)27(20(3)4)34-31(42)44-6/h7-15,19-20,24-27,37-38H,16-18H2,1-6H3,(H,32,39)(H,33,41)(H,34,42)(H,35,40)/t24?,25?,26-,27-/m0/s1. The molecule has 4 atom stereocenters. The first-order valence-electron chi connectivity index (χ1n) is 14.4. The molecule has 0 saturated carbocycles. The molecule has 0 spiro atoms. The molecule has 4 amide bonds. The third-order valence-electron chi connectivity index (χ3n) is 6.89. The van der Waals surface area contributed by atoms with Crippen molar-refractivity contribution in [1.82, 2.24) is 26.4 Å². The minimum Gasteiger partial charge on any atom is -0.508 e. The molecule has 2 rings (SSSR count). The molecule has 2 aromatic rings. The molecule has 0 radical (unpaired) electrons. The van der Waals surface area contributed by atoms with Crippen molar-refractivity contribution in [2.45, 2.75) is 64.9 Å². The second kappa shape index (κ2) is 17.7. The van der Waals surface area contributed by atoms with Gasteiger partial charge in [0.15, 0.2) is 0 Å². The number of hydrogen-bond donors (Lipinski definition) is 6. The molecule has 242 valence electrons. The van der Waals surface area contributed by atoms with Crippen LogP contribution in [0.1, 0.15) is 38.8 Å². The maximum atomic E-state index is 13.4. The fourth-order valence-corrected chi connectivity index (χ4v) is 4.42. The largest absolute Gasteiger partial charge is 0.508 e. The second-order valence-electron chi connectivity index (χ2n) is 11.1. The van der Waals surface area contributed by atoms with E-state index in [2.05, 4.69) is 30.8 Å². The van der Waals surface area contributed by atoms with E-state index < -0.39 is 48.2 Å². The van der Waals surface area contributed by atoms with E-state index >= 15 is 0 Å². The lowest BCUT2D eigenvalue weighted by molar-refractivity contribution is -0.131. The summed E-state index contributed by atoms with van der Waals surface area (Å²) in [5, 5.41) is 30.7. The van der Waals surface area contributed by atoms with Crippen LogP contribution in [0.4, 0.5) is 9.59 Å². The number of aliphatic hydroxyl groups is 1. The lowest BCUT2D eigenvalue weighted by Crippen LogP contribution is -2.59. The van der Waals surface area contributed by atoms with Crippen molar-refractivity contribution in [3.8, 4) is 5.75 Å². The summed E-state index contributed by atoms with van der Waals surface area (Å²) >= 11 is 0. The van der Waals surface area contributed by atoms with Gasteiger partial charge in [0.2, 0.25) is 5.91 Å². The normalized spacial score (nSPS) is 13.9. The van der Waals surface area contributed by atoms with Crippen LogP contribution in [0.2, 0.25) is 0 Å². The number of hydrogen-bond acceptors (Lipinski definition) is 9. The first-order valence-corrected chi connectivity index (χ1v) is 14.4. The number of alkyl carbamates (subject to hydrolysis) is 2. The number of phenolic OH excluding ortho intramolecular Hbond substituents is 1. The van der Waals surface area contributed by atoms with Gasteiger partial charge in [0, 0.05) is 13.1 Å². The number of carbonyl (C=O) groups is 4. The van der Waals surface area contributed by atoms with Crippen LogP contribution in [0, 0.1) is 11.8 Å². The van der Waals surface area contributed by atoms with Crippen LogP contribution in [0.25, 0.3) is 0 Å². The van der Waals surface area contributed by atoms with E-state index in [0.29, 0.717) is 5.56 Å². The topological polar surface area (TPSA) is 179 Å². The summed E-state index contributed by atoms with van der Waals surface area (Å²) in [6.45, 7) is 7.05. The summed E-state index contributed by atoms with van der Waals surface area (Å²) in [7, 11) is 2.40. The highest BCUT2D eigenvalue weighted by Crippen LogP contribution is 2.14. The number of methoxy groups -OCH3 is 2. The molecule has 13 nitrogen and oxygen atoms in total. The quantitative estimate of drug-likeness (QED) is 0.164. The average Bonchev–Trinajstić information content (AvgIpc) is 2.98. The monoisotopic (exact) mass is 615 g/mol. The predicted octanol–water partition coefficient (Wildman–Crippen LogP) is 2.07. The number of ether oxygens (including phenoxy) is 2. The van der Waals surface area contributed by atoms with E-state index in [1.807, 2.05) is 30.3 Å². The van der Waals surface area contributed by atoms with E-state index in [4.69, 9.17) is 0 Å². The van der Waals surface area contributed by atoms with E-state index in [-0.39, 0.29) is 37.1 Å². The van der Waals surface area contributed by atoms with Gasteiger partial charge in [0.1, 0.15) is 17.8 Å². The number of hydrazine groups is 1. The Morgan fingerprint density at radius 2 is 1.27 bits per heavy atom. The first-order chi connectivity index (χ1) is 20.8. The molecule has 0 bridgehead atoms. The van der Waals surface area contributed by atoms with Crippen LogP contribution >= 0.6 is 0 Å². The zero-order valence-electron chi connectivity index (χ0n) is 26.1. The molecule has 0 saturated heterocycles. The molecule has 44 heavy (non-hydrogen) atoms. The molecule has 0 aliphatic heterocycles. The molecule has 0 aliphatic rings. The van der Waals surface area contributed by atoms with Crippen LogP contribution in [0.5, 0.6) is 5.75 Å². The van der Waals surface area contributed by atoms with Crippen molar-refractivity contribution >= 4 is 24.0 Å². The third-order valence-corrected chi connectivity index (χ3v) is 6.89. The van der Waals surface area contributed by atoms with Gasteiger partial charge >= 0.3 is 12.2 Å². The number of benzene rings is 2. The Morgan fingerprint density at radius 1 is 0.750 bits per heavy atom. The highest BCUT2D eigenvalue weighted by Gasteiger charge is 2.32. The van der Waals surface area contributed by atoms with Gasteiger partial charge in [0.25, 0.3) is 5.91 Å². The molecule has 2 aromatic carbocycles. The molecule has 6 N–H and O–H groups in total. The number of nitrogens with one attached hydrogen (secondary N) is 4. The molecule has 0 fully saturated rings. The van der Waals surface area contributed by atoms with Crippen molar-refractivity contribution in [3.63, 3.8) is 0 Å². The van der Waals surface area contributed by atoms with Crippen molar-refractivity contribution < 1.29 is 38.9 Å². The first kappa shape index (κ1) is 35.8. The number of nitrogens with zero attached hydrogens (tertiary/aromatic N) is 1. The van der Waals surface area contributed by atoms with Gasteiger partial charge in [-0.3, -0.25) is 15.0 Å². The van der Waals surface area contributed by atoms with Gasteiger partial charge in [-0.15, -0.1) is 0 Å². The Morgan fingerprint density at radius 3 is 1.77 bits per heavy atom. The minimum absolute atomic E-state index is 0.0671. The van der Waals surface area contributed by atoms with Gasteiger partial charge in [-0.1, -0.05) is 70.2 Å². The van der Waals surface area contributed by atoms with Gasteiger partial charge < -0.3 is 35.6 Å². The van der Waals surface area contributed by atoms with E-state index in [1.54, 1.807) is 39.8 Å². The number of amides is 4. The van der Waals surface area contributed by atoms with Crippen molar-refractivity contribution in [2.24, 2.45) is 11.8 Å².